The Hall–Kier alpha value is -2.56. The number of allylic oxidation sites excluding steroid dienone is 1. The predicted octanol–water partition coefficient (Wildman–Crippen LogP) is 1.98. The van der Waals surface area contributed by atoms with Crippen LogP contribution in [0, 0.1) is 0 Å². The number of aliphatic carboxylic acids is 1. The van der Waals surface area contributed by atoms with Gasteiger partial charge in [0.2, 0.25) is 0 Å². The summed E-state index contributed by atoms with van der Waals surface area (Å²) in [4.78, 5) is 23.6. The van der Waals surface area contributed by atoms with Crippen molar-refractivity contribution in [3.8, 4) is 0 Å². The Kier molecular flexibility index (Phi) is 5.35. The average Bonchev–Trinajstić information content (AvgIpc) is 2.42. The Balaban J connectivity index is 2.64. The van der Waals surface area contributed by atoms with E-state index in [0.717, 1.165) is 10.5 Å². The third kappa shape index (κ3) is 4.67. The Morgan fingerprint density at radius 2 is 1.95 bits per heavy atom. The van der Waals surface area contributed by atoms with Crippen molar-refractivity contribution in [1.82, 2.24) is 10.2 Å². The first kappa shape index (κ1) is 14.5. The van der Waals surface area contributed by atoms with Crippen molar-refractivity contribution in [3.05, 3.63) is 60.8 Å². The molecule has 0 saturated heterocycles. The normalized spacial score (nSPS) is 9.47. The monoisotopic (exact) mass is 260 g/mol. The van der Waals surface area contributed by atoms with Crippen LogP contribution in [-0.2, 0) is 11.3 Å². The fourth-order valence-corrected chi connectivity index (χ4v) is 1.42. The highest BCUT2D eigenvalue weighted by molar-refractivity contribution is 5.82. The van der Waals surface area contributed by atoms with Gasteiger partial charge in [0.1, 0.15) is 6.54 Å². The zero-order chi connectivity index (χ0) is 14.3. The molecule has 0 bridgehead atoms. The molecule has 5 nitrogen and oxygen atoms in total. The van der Waals surface area contributed by atoms with Crippen molar-refractivity contribution >= 4 is 12.0 Å². The van der Waals surface area contributed by atoms with Gasteiger partial charge in [0.05, 0.1) is 0 Å². The van der Waals surface area contributed by atoms with Gasteiger partial charge in [-0.25, -0.2) is 4.79 Å². The molecule has 0 aliphatic carbocycles. The number of carboxylic acid groups (broad SMARTS) is 1. The van der Waals surface area contributed by atoms with Gasteiger partial charge in [0, 0.05) is 12.2 Å². The molecule has 1 aromatic rings. The maximum Gasteiger partial charge on any atom is 0.323 e. The number of hydrogen-bond donors (Lipinski definition) is 2. The van der Waals surface area contributed by atoms with Crippen molar-refractivity contribution in [3.63, 3.8) is 0 Å². The van der Waals surface area contributed by atoms with Gasteiger partial charge in [-0.3, -0.25) is 9.69 Å². The summed E-state index contributed by atoms with van der Waals surface area (Å²) in [6, 6.07) is 8.81. The van der Waals surface area contributed by atoms with E-state index in [2.05, 4.69) is 18.5 Å². The molecule has 0 unspecified atom stereocenters. The van der Waals surface area contributed by atoms with Crippen LogP contribution in [0.2, 0.25) is 0 Å². The van der Waals surface area contributed by atoms with Gasteiger partial charge in [0.25, 0.3) is 0 Å². The molecule has 0 aliphatic heterocycles. The fraction of sp³-hybridized carbons (Fsp3) is 0.143. The fourth-order valence-electron chi connectivity index (χ4n) is 1.42. The van der Waals surface area contributed by atoms with Crippen LogP contribution < -0.4 is 5.32 Å². The molecule has 0 saturated carbocycles. The van der Waals surface area contributed by atoms with Gasteiger partial charge >= 0.3 is 12.0 Å². The van der Waals surface area contributed by atoms with Crippen molar-refractivity contribution in [2.75, 3.05) is 6.54 Å². The van der Waals surface area contributed by atoms with Crippen LogP contribution in [-0.4, -0.2) is 28.6 Å². The third-order valence-electron chi connectivity index (χ3n) is 2.41. The summed E-state index contributed by atoms with van der Waals surface area (Å²) >= 11 is 0. The zero-order valence-corrected chi connectivity index (χ0v) is 10.5. The number of carbonyl (C=O) groups is 2. The number of amides is 2. The van der Waals surface area contributed by atoms with Crippen LogP contribution in [0.5, 0.6) is 0 Å². The highest BCUT2D eigenvalue weighted by Crippen LogP contribution is 2.04. The summed E-state index contributed by atoms with van der Waals surface area (Å²) in [6.45, 7) is 6.93. The van der Waals surface area contributed by atoms with Crippen LogP contribution >= 0.6 is 0 Å². The molecule has 1 aromatic carbocycles. The molecule has 5 heteroatoms. The molecule has 2 N–H and O–H groups in total. The van der Waals surface area contributed by atoms with Crippen LogP contribution in [0.1, 0.15) is 5.56 Å². The van der Waals surface area contributed by atoms with E-state index in [1.54, 1.807) is 0 Å². The standard InChI is InChI=1S/C14H16N2O3/c1-3-11(2)16(10-13(17)18)14(19)15-9-12-7-5-4-6-8-12/h3-8H,1-2,9-10H2,(H,15,19)(H,17,18). The van der Waals surface area contributed by atoms with Crippen molar-refractivity contribution in [2.24, 2.45) is 0 Å². The number of carbonyl (C=O) groups excluding carboxylic acids is 1. The minimum atomic E-state index is -1.11. The highest BCUT2D eigenvalue weighted by Gasteiger charge is 2.17. The number of nitrogens with one attached hydrogen (secondary N) is 1. The second-order valence-electron chi connectivity index (χ2n) is 3.82. The topological polar surface area (TPSA) is 69.6 Å². The molecular weight excluding hydrogens is 244 g/mol. The molecule has 0 fully saturated rings. The maximum absolute atomic E-state index is 11.9. The maximum atomic E-state index is 11.9. The Bertz CT molecular complexity index is 483. The van der Waals surface area contributed by atoms with Crippen molar-refractivity contribution in [1.29, 1.82) is 0 Å². The second-order valence-corrected chi connectivity index (χ2v) is 3.82. The van der Waals surface area contributed by atoms with E-state index >= 15 is 0 Å². The lowest BCUT2D eigenvalue weighted by molar-refractivity contribution is -0.137. The Morgan fingerprint density at radius 1 is 1.32 bits per heavy atom. The van der Waals surface area contributed by atoms with Gasteiger partial charge in [-0.2, -0.15) is 0 Å². The van der Waals surface area contributed by atoms with Gasteiger partial charge in [-0.1, -0.05) is 43.5 Å². The van der Waals surface area contributed by atoms with Gasteiger partial charge in [-0.05, 0) is 11.6 Å². The number of nitrogens with zero attached hydrogens (tertiary/aromatic N) is 1. The first-order chi connectivity index (χ1) is 9.04. The lowest BCUT2D eigenvalue weighted by Crippen LogP contribution is -2.41. The van der Waals surface area contributed by atoms with Gasteiger partial charge < -0.3 is 10.4 Å². The predicted molar refractivity (Wildman–Crippen MR) is 72.4 cm³/mol. The number of carboxylic acids is 1. The quantitative estimate of drug-likeness (QED) is 0.768. The van der Waals surface area contributed by atoms with Crippen LogP contribution in [0.3, 0.4) is 0 Å². The average molecular weight is 260 g/mol. The third-order valence-corrected chi connectivity index (χ3v) is 2.41. The number of urea groups is 1. The molecular formula is C14H16N2O3. The highest BCUT2D eigenvalue weighted by atomic mass is 16.4. The van der Waals surface area contributed by atoms with E-state index in [-0.39, 0.29) is 5.70 Å². The number of benzene rings is 1. The summed E-state index contributed by atoms with van der Waals surface area (Å²) in [7, 11) is 0. The van der Waals surface area contributed by atoms with E-state index in [9.17, 15) is 9.59 Å². The van der Waals surface area contributed by atoms with E-state index in [0.29, 0.717) is 6.54 Å². The van der Waals surface area contributed by atoms with Crippen LogP contribution in [0.15, 0.2) is 55.3 Å². The summed E-state index contributed by atoms with van der Waals surface area (Å²) in [5.74, 6) is -1.11. The van der Waals surface area contributed by atoms with Gasteiger partial charge in [-0.15, -0.1) is 0 Å². The van der Waals surface area contributed by atoms with Crippen molar-refractivity contribution < 1.29 is 14.7 Å². The smallest absolute Gasteiger partial charge is 0.323 e. The largest absolute Gasteiger partial charge is 0.480 e. The van der Waals surface area contributed by atoms with Crippen LogP contribution in [0.4, 0.5) is 4.79 Å². The summed E-state index contributed by atoms with van der Waals surface area (Å²) in [5, 5.41) is 11.4. The number of hydrogen-bond acceptors (Lipinski definition) is 2. The Labute approximate surface area is 111 Å². The summed E-state index contributed by atoms with van der Waals surface area (Å²) < 4.78 is 0. The summed E-state index contributed by atoms with van der Waals surface area (Å²) in [5.41, 5.74) is 1.17. The lowest BCUT2D eigenvalue weighted by Gasteiger charge is -2.21. The van der Waals surface area contributed by atoms with E-state index in [4.69, 9.17) is 5.11 Å². The SMILES string of the molecule is C=CC(=C)N(CC(=O)O)C(=O)NCc1ccccc1. The van der Waals surface area contributed by atoms with Crippen LogP contribution in [0.25, 0.3) is 0 Å². The molecule has 1 rings (SSSR count). The molecule has 0 atom stereocenters. The van der Waals surface area contributed by atoms with E-state index in [1.165, 1.54) is 6.08 Å². The molecule has 19 heavy (non-hydrogen) atoms. The van der Waals surface area contributed by atoms with Gasteiger partial charge in [0.15, 0.2) is 0 Å². The first-order valence-electron chi connectivity index (χ1n) is 5.67. The molecule has 0 heterocycles. The first-order valence-corrected chi connectivity index (χ1v) is 5.67. The molecule has 100 valence electrons. The summed E-state index contributed by atoms with van der Waals surface area (Å²) in [6.07, 6.45) is 1.34. The Morgan fingerprint density at radius 3 is 2.47 bits per heavy atom. The minimum Gasteiger partial charge on any atom is -0.480 e. The molecule has 0 aliphatic rings. The minimum absolute atomic E-state index is 0.243. The second kappa shape index (κ2) is 7.00. The zero-order valence-electron chi connectivity index (χ0n) is 10.5. The molecule has 0 spiro atoms. The number of rotatable bonds is 6. The molecule has 0 aromatic heterocycles. The molecule has 0 radical (unpaired) electrons. The van der Waals surface area contributed by atoms with Crippen molar-refractivity contribution in [2.45, 2.75) is 6.54 Å². The molecule has 2 amide bonds. The van der Waals surface area contributed by atoms with E-state index in [1.807, 2.05) is 30.3 Å². The lowest BCUT2D eigenvalue weighted by atomic mass is 10.2. The van der Waals surface area contributed by atoms with E-state index < -0.39 is 18.5 Å².